The quantitative estimate of drug-likeness (QED) is 0.342. The van der Waals surface area contributed by atoms with Gasteiger partial charge in [-0.3, -0.25) is 9.59 Å². The molecule has 0 rings (SSSR count). The number of hydrogen-bond donors (Lipinski definition) is 3. The van der Waals surface area contributed by atoms with Crippen LogP contribution < -0.4 is 11.2 Å². The van der Waals surface area contributed by atoms with Gasteiger partial charge in [0.15, 0.2) is 0 Å². The van der Waals surface area contributed by atoms with Gasteiger partial charge in [0.2, 0.25) is 6.41 Å². The second kappa shape index (κ2) is 5.95. The van der Waals surface area contributed by atoms with Crippen LogP contribution in [0.1, 0.15) is 12.8 Å². The summed E-state index contributed by atoms with van der Waals surface area (Å²) in [7, 11) is 0. The number of aliphatic carboxylic acids is 1. The Balaban J connectivity index is 3.68. The van der Waals surface area contributed by atoms with Gasteiger partial charge < -0.3 is 15.7 Å². The molecule has 1 atom stereocenters. The number of carbonyl (C=O) groups is 3. The number of nitrogens with one attached hydrogen (secondary N) is 1. The molecule has 0 aromatic carbocycles. The monoisotopic (exact) mass is 190 g/mol. The van der Waals surface area contributed by atoms with E-state index in [-0.39, 0.29) is 19.3 Å². The molecule has 7 nitrogen and oxygen atoms in total. The molecule has 0 bridgehead atoms. The summed E-state index contributed by atoms with van der Waals surface area (Å²) in [5.41, 5.74) is 6.87. The second-order valence-corrected chi connectivity index (χ2v) is 2.20. The van der Waals surface area contributed by atoms with Crippen molar-refractivity contribution < 1.29 is 24.3 Å². The van der Waals surface area contributed by atoms with Crippen molar-refractivity contribution in [3.63, 3.8) is 0 Å². The highest BCUT2D eigenvalue weighted by molar-refractivity contribution is 5.77. The van der Waals surface area contributed by atoms with E-state index in [4.69, 9.17) is 10.8 Å². The van der Waals surface area contributed by atoms with Gasteiger partial charge >= 0.3 is 11.9 Å². The minimum Gasteiger partial charge on any atom is -0.481 e. The van der Waals surface area contributed by atoms with Crippen molar-refractivity contribution in [2.24, 2.45) is 5.73 Å². The van der Waals surface area contributed by atoms with Crippen LogP contribution in [-0.4, -0.2) is 29.5 Å². The molecule has 0 aromatic rings. The summed E-state index contributed by atoms with van der Waals surface area (Å²) in [5, 5.41) is 8.24. The van der Waals surface area contributed by atoms with Crippen LogP contribution >= 0.6 is 0 Å². The summed E-state index contributed by atoms with van der Waals surface area (Å²) in [5.74, 6) is -1.92. The third-order valence-corrected chi connectivity index (χ3v) is 1.18. The van der Waals surface area contributed by atoms with Crippen LogP contribution in [-0.2, 0) is 19.2 Å². The summed E-state index contributed by atoms with van der Waals surface area (Å²) < 4.78 is 0. The lowest BCUT2D eigenvalue weighted by Crippen LogP contribution is -2.36. The molecule has 0 aliphatic rings. The Labute approximate surface area is 73.8 Å². The molecule has 13 heavy (non-hydrogen) atoms. The zero-order valence-corrected chi connectivity index (χ0v) is 6.73. The number of nitrogens with two attached hydrogens (primary N) is 1. The van der Waals surface area contributed by atoms with Crippen LogP contribution in [0, 0.1) is 0 Å². The first-order valence-corrected chi connectivity index (χ1v) is 3.45. The summed E-state index contributed by atoms with van der Waals surface area (Å²) in [6.45, 7) is 0. The fourth-order valence-corrected chi connectivity index (χ4v) is 0.555. The van der Waals surface area contributed by atoms with Crippen LogP contribution in [0.2, 0.25) is 0 Å². The van der Waals surface area contributed by atoms with E-state index in [0.29, 0.717) is 0 Å². The molecule has 0 spiro atoms. The maximum Gasteiger partial charge on any atom is 0.348 e. The van der Waals surface area contributed by atoms with Crippen LogP contribution in [0.5, 0.6) is 0 Å². The summed E-state index contributed by atoms with van der Waals surface area (Å²) in [6, 6.07) is -1.04. The molecule has 0 saturated carbocycles. The van der Waals surface area contributed by atoms with Gasteiger partial charge in [-0.25, -0.2) is 4.79 Å². The Morgan fingerprint density at radius 2 is 2.23 bits per heavy atom. The Kier molecular flexibility index (Phi) is 5.20. The number of carbonyl (C=O) groups excluding carboxylic acids is 2. The lowest BCUT2D eigenvalue weighted by molar-refractivity contribution is -0.156. The average molecular weight is 190 g/mol. The van der Waals surface area contributed by atoms with Gasteiger partial charge in [-0.2, -0.15) is 5.48 Å². The largest absolute Gasteiger partial charge is 0.481 e. The fraction of sp³-hybridized carbons (Fsp3) is 0.500. The fourth-order valence-electron chi connectivity index (χ4n) is 0.555. The van der Waals surface area contributed by atoms with E-state index in [1.165, 1.54) is 0 Å². The first-order valence-electron chi connectivity index (χ1n) is 3.45. The summed E-state index contributed by atoms with van der Waals surface area (Å²) in [6.07, 6.45) is -0.0894. The standard InChI is InChI=1S/C6H10N2O5/c7-4(1-2-5(10)11)6(12)13-8-3-9/h3-4H,1-2,7H2,(H,8,9)(H,10,11)/t4-/m0/s1. The molecule has 0 heterocycles. The van der Waals surface area contributed by atoms with Gasteiger partial charge in [0, 0.05) is 6.42 Å². The number of amides is 1. The van der Waals surface area contributed by atoms with Crippen molar-refractivity contribution in [2.75, 3.05) is 0 Å². The van der Waals surface area contributed by atoms with Crippen molar-refractivity contribution in [2.45, 2.75) is 18.9 Å². The second-order valence-electron chi connectivity index (χ2n) is 2.20. The highest BCUT2D eigenvalue weighted by Gasteiger charge is 2.16. The molecule has 7 heteroatoms. The van der Waals surface area contributed by atoms with E-state index in [2.05, 4.69) is 4.84 Å². The molecule has 0 unspecified atom stereocenters. The van der Waals surface area contributed by atoms with Crippen LogP contribution in [0.4, 0.5) is 0 Å². The van der Waals surface area contributed by atoms with Crippen molar-refractivity contribution >= 4 is 18.3 Å². The zero-order valence-electron chi connectivity index (χ0n) is 6.73. The van der Waals surface area contributed by atoms with Crippen LogP contribution in [0.25, 0.3) is 0 Å². The SMILES string of the molecule is N[C@@H](CCC(=O)O)C(=O)ONC=O. The van der Waals surface area contributed by atoms with Crippen molar-refractivity contribution in [1.29, 1.82) is 0 Å². The van der Waals surface area contributed by atoms with E-state index < -0.39 is 18.0 Å². The number of carboxylic acid groups (broad SMARTS) is 1. The molecule has 0 aliphatic carbocycles. The third-order valence-electron chi connectivity index (χ3n) is 1.18. The maximum absolute atomic E-state index is 10.8. The Morgan fingerprint density at radius 1 is 1.62 bits per heavy atom. The number of hydroxylamine groups is 1. The Hall–Kier alpha value is -1.63. The molecular formula is C6H10N2O5. The number of carboxylic acids is 1. The summed E-state index contributed by atoms with van der Waals surface area (Å²) in [4.78, 5) is 34.6. The Bertz CT molecular complexity index is 205. The van der Waals surface area contributed by atoms with Crippen molar-refractivity contribution in [3.05, 3.63) is 0 Å². The van der Waals surface area contributed by atoms with E-state index in [1.54, 1.807) is 5.48 Å². The van der Waals surface area contributed by atoms with Crippen molar-refractivity contribution in [3.8, 4) is 0 Å². The van der Waals surface area contributed by atoms with Gasteiger partial charge in [-0.15, -0.1) is 0 Å². The molecule has 0 aromatic heterocycles. The van der Waals surface area contributed by atoms with Gasteiger partial charge in [0.1, 0.15) is 6.04 Å². The van der Waals surface area contributed by atoms with E-state index in [1.807, 2.05) is 0 Å². The zero-order chi connectivity index (χ0) is 10.3. The predicted molar refractivity (Wildman–Crippen MR) is 40.1 cm³/mol. The number of hydrogen-bond acceptors (Lipinski definition) is 5. The first kappa shape index (κ1) is 11.4. The van der Waals surface area contributed by atoms with Gasteiger partial charge in [0.05, 0.1) is 0 Å². The minimum absolute atomic E-state index is 0.0330. The molecule has 0 aliphatic heterocycles. The van der Waals surface area contributed by atoms with Gasteiger partial charge in [-0.05, 0) is 6.42 Å². The lowest BCUT2D eigenvalue weighted by Gasteiger charge is -2.07. The van der Waals surface area contributed by atoms with Crippen LogP contribution in [0.3, 0.4) is 0 Å². The molecular weight excluding hydrogens is 180 g/mol. The topological polar surface area (TPSA) is 119 Å². The van der Waals surface area contributed by atoms with Crippen LogP contribution in [0.15, 0.2) is 0 Å². The number of rotatable bonds is 6. The van der Waals surface area contributed by atoms with Gasteiger partial charge in [0.25, 0.3) is 0 Å². The predicted octanol–water partition coefficient (Wildman–Crippen LogP) is -1.62. The highest BCUT2D eigenvalue weighted by atomic mass is 16.7. The molecule has 0 saturated heterocycles. The summed E-state index contributed by atoms with van der Waals surface area (Å²) >= 11 is 0. The van der Waals surface area contributed by atoms with E-state index >= 15 is 0 Å². The lowest BCUT2D eigenvalue weighted by atomic mass is 10.2. The maximum atomic E-state index is 10.8. The highest BCUT2D eigenvalue weighted by Crippen LogP contribution is 1.95. The normalized spacial score (nSPS) is 11.5. The molecule has 0 fully saturated rings. The van der Waals surface area contributed by atoms with E-state index in [0.717, 1.165) is 0 Å². The minimum atomic E-state index is -1.05. The molecule has 1 amide bonds. The molecule has 0 radical (unpaired) electrons. The smallest absolute Gasteiger partial charge is 0.348 e. The molecule has 74 valence electrons. The van der Waals surface area contributed by atoms with Crippen molar-refractivity contribution in [1.82, 2.24) is 5.48 Å². The molecule has 4 N–H and O–H groups in total. The Morgan fingerprint density at radius 3 is 2.69 bits per heavy atom. The van der Waals surface area contributed by atoms with Gasteiger partial charge in [-0.1, -0.05) is 0 Å². The van der Waals surface area contributed by atoms with E-state index in [9.17, 15) is 14.4 Å². The third kappa shape index (κ3) is 5.62. The first-order chi connectivity index (χ1) is 6.07. The average Bonchev–Trinajstić information content (AvgIpc) is 2.10.